The van der Waals surface area contributed by atoms with Gasteiger partial charge in [-0.05, 0) is 64.4 Å². The Bertz CT molecular complexity index is 1180. The first-order chi connectivity index (χ1) is 16.0. The van der Waals surface area contributed by atoms with Crippen molar-refractivity contribution in [2.75, 3.05) is 26.2 Å². The third-order valence-electron chi connectivity index (χ3n) is 6.25. The molecule has 0 amide bonds. The van der Waals surface area contributed by atoms with Gasteiger partial charge in [0.25, 0.3) is 0 Å². The van der Waals surface area contributed by atoms with Crippen LogP contribution in [0.15, 0.2) is 97.1 Å². The van der Waals surface area contributed by atoms with E-state index in [0.717, 1.165) is 39.8 Å². The summed E-state index contributed by atoms with van der Waals surface area (Å²) in [5.74, 6) is 0.444. The summed E-state index contributed by atoms with van der Waals surface area (Å²) in [6.07, 6.45) is 0.570. The van der Waals surface area contributed by atoms with Crippen molar-refractivity contribution < 1.29 is 9.84 Å². The molecule has 0 bridgehead atoms. The van der Waals surface area contributed by atoms with Crippen molar-refractivity contribution in [3.63, 3.8) is 0 Å². The van der Waals surface area contributed by atoms with Gasteiger partial charge < -0.3 is 14.7 Å². The number of halogens is 1. The molecule has 4 aromatic rings. The molecule has 0 aliphatic heterocycles. The van der Waals surface area contributed by atoms with Crippen molar-refractivity contribution >= 4 is 26.7 Å². The Labute approximate surface area is 204 Å². The largest absolute Gasteiger partial charge is 0.482 e. The molecule has 0 saturated heterocycles. The fraction of sp³-hybridized carbons (Fsp3) is 0.241. The zero-order chi connectivity index (χ0) is 23.3. The summed E-state index contributed by atoms with van der Waals surface area (Å²) in [6, 6.07) is 32.8. The number of rotatable bonds is 9. The molecule has 2 unspecified atom stereocenters. The Morgan fingerprint density at radius 1 is 0.848 bits per heavy atom. The maximum absolute atomic E-state index is 12.7. The molecule has 2 atom stereocenters. The fourth-order valence-electron chi connectivity index (χ4n) is 4.66. The highest BCUT2D eigenvalue weighted by atomic mass is 79.9. The summed E-state index contributed by atoms with van der Waals surface area (Å²) >= 11 is 3.44. The van der Waals surface area contributed by atoms with Crippen molar-refractivity contribution in [3.05, 3.63) is 114 Å². The molecule has 4 heteroatoms. The summed E-state index contributed by atoms with van der Waals surface area (Å²) in [4.78, 5) is 2.12. The molecule has 4 rings (SSSR count). The second-order valence-electron chi connectivity index (χ2n) is 8.64. The summed E-state index contributed by atoms with van der Waals surface area (Å²) in [5.41, 5.74) is 2.18. The zero-order valence-corrected chi connectivity index (χ0v) is 20.7. The Morgan fingerprint density at radius 2 is 1.48 bits per heavy atom. The van der Waals surface area contributed by atoms with Gasteiger partial charge in [0.05, 0.1) is 0 Å². The van der Waals surface area contributed by atoms with E-state index in [1.807, 2.05) is 80.8 Å². The van der Waals surface area contributed by atoms with Gasteiger partial charge in [-0.2, -0.15) is 0 Å². The van der Waals surface area contributed by atoms with E-state index in [1.54, 1.807) is 0 Å². The highest BCUT2D eigenvalue weighted by Gasteiger charge is 2.42. The third kappa shape index (κ3) is 4.98. The van der Waals surface area contributed by atoms with Gasteiger partial charge >= 0.3 is 0 Å². The predicted molar refractivity (Wildman–Crippen MR) is 140 cm³/mol. The quantitative estimate of drug-likeness (QED) is 0.263. The second-order valence-corrected chi connectivity index (χ2v) is 9.10. The molecule has 0 spiro atoms. The number of hydrogen-bond acceptors (Lipinski definition) is 3. The molecule has 0 saturated carbocycles. The normalized spacial score (nSPS) is 14.2. The van der Waals surface area contributed by atoms with Gasteiger partial charge in [0.1, 0.15) is 16.9 Å². The SMILES string of the molecule is CN(C)CCC(O)(c1ccccc1)C(c1ccccc1)c1c(OCBr)ccc2ccccc12. The van der Waals surface area contributed by atoms with Gasteiger partial charge in [0, 0.05) is 18.0 Å². The lowest BCUT2D eigenvalue weighted by atomic mass is 9.70. The second kappa shape index (κ2) is 10.5. The maximum Gasteiger partial charge on any atom is 0.143 e. The average molecular weight is 504 g/mol. The Hall–Kier alpha value is -2.66. The van der Waals surface area contributed by atoms with E-state index in [0.29, 0.717) is 11.9 Å². The summed E-state index contributed by atoms with van der Waals surface area (Å²) in [5, 5.41) is 14.9. The number of hydrogen-bond donors (Lipinski definition) is 1. The van der Waals surface area contributed by atoms with Crippen molar-refractivity contribution in [2.24, 2.45) is 0 Å². The summed E-state index contributed by atoms with van der Waals surface area (Å²) in [6.45, 7) is 0.744. The average Bonchev–Trinajstić information content (AvgIpc) is 2.85. The smallest absolute Gasteiger partial charge is 0.143 e. The molecule has 1 N–H and O–H groups in total. The first kappa shape index (κ1) is 23.5. The van der Waals surface area contributed by atoms with E-state index in [4.69, 9.17) is 4.74 Å². The van der Waals surface area contributed by atoms with Crippen LogP contribution in [-0.2, 0) is 5.60 Å². The highest BCUT2D eigenvalue weighted by Crippen LogP contribution is 2.49. The number of aliphatic hydroxyl groups is 1. The van der Waals surface area contributed by atoms with Gasteiger partial charge in [-0.1, -0.05) is 91.0 Å². The lowest BCUT2D eigenvalue weighted by Crippen LogP contribution is -2.37. The molecule has 0 aliphatic rings. The maximum atomic E-state index is 12.7. The van der Waals surface area contributed by atoms with Crippen molar-refractivity contribution in [1.29, 1.82) is 0 Å². The van der Waals surface area contributed by atoms with E-state index in [1.165, 1.54) is 0 Å². The minimum Gasteiger partial charge on any atom is -0.482 e. The van der Waals surface area contributed by atoms with Crippen LogP contribution >= 0.6 is 15.9 Å². The van der Waals surface area contributed by atoms with Crippen LogP contribution in [0.4, 0.5) is 0 Å². The van der Waals surface area contributed by atoms with E-state index < -0.39 is 5.60 Å². The zero-order valence-electron chi connectivity index (χ0n) is 19.1. The Morgan fingerprint density at radius 3 is 2.15 bits per heavy atom. The minimum atomic E-state index is -1.15. The Balaban J connectivity index is 2.05. The van der Waals surface area contributed by atoms with Crippen LogP contribution in [0.2, 0.25) is 0 Å². The van der Waals surface area contributed by atoms with Crippen LogP contribution in [0, 0.1) is 0 Å². The summed E-state index contributed by atoms with van der Waals surface area (Å²) < 4.78 is 6.10. The fourth-order valence-corrected chi connectivity index (χ4v) is 4.91. The van der Waals surface area contributed by atoms with Gasteiger partial charge in [0.15, 0.2) is 0 Å². The van der Waals surface area contributed by atoms with E-state index >= 15 is 0 Å². The first-order valence-corrected chi connectivity index (χ1v) is 12.3. The molecular formula is C29H30BrNO2. The number of alkyl halides is 1. The number of nitrogens with zero attached hydrogens (tertiary/aromatic N) is 1. The van der Waals surface area contributed by atoms with Gasteiger partial charge in [-0.3, -0.25) is 0 Å². The molecule has 3 nitrogen and oxygen atoms in total. The molecule has 4 aromatic carbocycles. The topological polar surface area (TPSA) is 32.7 Å². The van der Waals surface area contributed by atoms with Crippen LogP contribution in [0.1, 0.15) is 29.0 Å². The van der Waals surface area contributed by atoms with Crippen molar-refractivity contribution in [1.82, 2.24) is 4.90 Å². The molecule has 0 radical (unpaired) electrons. The molecule has 0 fully saturated rings. The number of benzene rings is 4. The van der Waals surface area contributed by atoms with Crippen molar-refractivity contribution in [3.8, 4) is 5.75 Å². The summed E-state index contributed by atoms with van der Waals surface area (Å²) in [7, 11) is 4.08. The van der Waals surface area contributed by atoms with Crippen molar-refractivity contribution in [2.45, 2.75) is 17.9 Å². The van der Waals surface area contributed by atoms with Gasteiger partial charge in [0.2, 0.25) is 0 Å². The standard InChI is InChI=1S/C29H30BrNO2/c1-31(2)20-19-29(32,24-14-7-4-8-15-24)28(23-12-5-3-6-13-23)27-25-16-10-9-11-22(25)17-18-26(27)33-21-30/h3-18,28,32H,19-21H2,1-2H3. The van der Waals surface area contributed by atoms with E-state index in [9.17, 15) is 5.11 Å². The first-order valence-electron chi connectivity index (χ1n) is 11.2. The minimum absolute atomic E-state index is 0.332. The lowest BCUT2D eigenvalue weighted by molar-refractivity contribution is 0.00427. The predicted octanol–water partition coefficient (Wildman–Crippen LogP) is 6.54. The van der Waals surface area contributed by atoms with Crippen LogP contribution < -0.4 is 4.74 Å². The number of fused-ring (bicyclic) bond motifs is 1. The molecule has 170 valence electrons. The highest BCUT2D eigenvalue weighted by molar-refractivity contribution is 9.09. The lowest BCUT2D eigenvalue weighted by Gasteiger charge is -2.39. The number of ether oxygens (including phenoxy) is 1. The van der Waals surface area contributed by atoms with Crippen LogP contribution in [-0.4, -0.2) is 36.2 Å². The van der Waals surface area contributed by atoms with Crippen LogP contribution in [0.5, 0.6) is 5.75 Å². The molecular weight excluding hydrogens is 474 g/mol. The third-order valence-corrected chi connectivity index (χ3v) is 6.48. The molecule has 0 aromatic heterocycles. The molecule has 33 heavy (non-hydrogen) atoms. The Kier molecular flexibility index (Phi) is 7.49. The van der Waals surface area contributed by atoms with E-state index in [2.05, 4.69) is 51.2 Å². The monoisotopic (exact) mass is 503 g/mol. The molecule has 0 heterocycles. The molecule has 0 aliphatic carbocycles. The van der Waals surface area contributed by atoms with Gasteiger partial charge in [-0.25, -0.2) is 0 Å². The van der Waals surface area contributed by atoms with Crippen LogP contribution in [0.25, 0.3) is 10.8 Å². The van der Waals surface area contributed by atoms with Gasteiger partial charge in [-0.15, -0.1) is 0 Å². The van der Waals surface area contributed by atoms with E-state index in [-0.39, 0.29) is 5.92 Å². The van der Waals surface area contributed by atoms with Crippen LogP contribution in [0.3, 0.4) is 0 Å².